The van der Waals surface area contributed by atoms with E-state index in [9.17, 15) is 0 Å². The molecule has 0 aromatic heterocycles. The van der Waals surface area contributed by atoms with Crippen LogP contribution in [0.25, 0.3) is 0 Å². The fraction of sp³-hybridized carbons (Fsp3) is 0.667. The van der Waals surface area contributed by atoms with E-state index in [2.05, 4.69) is 12.2 Å². The molecule has 0 spiro atoms. The van der Waals surface area contributed by atoms with Crippen LogP contribution in [-0.2, 0) is 0 Å². The van der Waals surface area contributed by atoms with Crippen molar-refractivity contribution in [3.63, 3.8) is 0 Å². The number of hydrogen-bond donors (Lipinski definition) is 0. The highest BCUT2D eigenvalue weighted by molar-refractivity contribution is 6.65. The average molecular weight is 365 g/mol. The van der Waals surface area contributed by atoms with E-state index >= 15 is 0 Å². The van der Waals surface area contributed by atoms with Crippen LogP contribution in [0.4, 0.5) is 0 Å². The van der Waals surface area contributed by atoms with Crippen molar-refractivity contribution in [3.05, 3.63) is 22.2 Å². The maximum Gasteiger partial charge on any atom is 0.166 e. The molecule has 4 bridgehead atoms. The Hall–Kier alpha value is 1.22. The van der Waals surface area contributed by atoms with Crippen molar-refractivity contribution in [1.29, 1.82) is 0 Å². The molecule has 0 aromatic rings. The van der Waals surface area contributed by atoms with Gasteiger partial charge in [0.2, 0.25) is 0 Å². The van der Waals surface area contributed by atoms with Gasteiger partial charge in [-0.15, -0.1) is 23.2 Å². The van der Waals surface area contributed by atoms with Gasteiger partial charge in [-0.25, -0.2) is 0 Å². The molecule has 0 saturated heterocycles. The molecular weight excluding hydrogens is 357 g/mol. The number of halogens is 6. The van der Waals surface area contributed by atoms with Crippen LogP contribution in [0.3, 0.4) is 0 Å². The van der Waals surface area contributed by atoms with Gasteiger partial charge in [0.05, 0.1) is 10.1 Å². The first-order chi connectivity index (χ1) is 8.28. The average Bonchev–Trinajstić information content (AvgIpc) is 2.97. The van der Waals surface area contributed by atoms with E-state index in [-0.39, 0.29) is 11.8 Å². The lowest BCUT2D eigenvalue weighted by Crippen LogP contribution is -2.46. The van der Waals surface area contributed by atoms with Crippen molar-refractivity contribution in [2.75, 3.05) is 0 Å². The predicted molar refractivity (Wildman–Crippen MR) is 78.1 cm³/mol. The highest BCUT2D eigenvalue weighted by Gasteiger charge is 2.85. The third-order valence-electron chi connectivity index (χ3n) is 5.12. The lowest BCUT2D eigenvalue weighted by molar-refractivity contribution is 0.305. The summed E-state index contributed by atoms with van der Waals surface area (Å²) in [6.45, 7) is 0. The van der Waals surface area contributed by atoms with Crippen molar-refractivity contribution < 1.29 is 0 Å². The fourth-order valence-corrected chi connectivity index (χ4v) is 7.61. The minimum Gasteiger partial charge on any atom is -0.109 e. The summed E-state index contributed by atoms with van der Waals surface area (Å²) in [7, 11) is 0. The zero-order valence-corrected chi connectivity index (χ0v) is 13.5. The van der Waals surface area contributed by atoms with Crippen LogP contribution in [0.1, 0.15) is 6.42 Å². The van der Waals surface area contributed by atoms with Crippen LogP contribution >= 0.6 is 69.6 Å². The molecule has 2 saturated carbocycles. The molecule has 0 aliphatic heterocycles. The van der Waals surface area contributed by atoms with Gasteiger partial charge in [-0.1, -0.05) is 58.6 Å². The second kappa shape index (κ2) is 3.34. The maximum atomic E-state index is 6.76. The molecule has 0 aromatic carbocycles. The van der Waals surface area contributed by atoms with E-state index in [1.165, 1.54) is 0 Å². The largest absolute Gasteiger partial charge is 0.166 e. The quantitative estimate of drug-likeness (QED) is 0.312. The highest BCUT2D eigenvalue weighted by atomic mass is 35.5. The minimum absolute atomic E-state index is 0.0664. The van der Waals surface area contributed by atoms with Crippen LogP contribution in [-0.4, -0.2) is 14.1 Å². The third-order valence-corrected chi connectivity index (χ3v) is 9.42. The summed E-state index contributed by atoms with van der Waals surface area (Å²) in [6.07, 6.45) is 5.40. The molecular formula is C12H8Cl6. The number of rotatable bonds is 0. The monoisotopic (exact) mass is 362 g/mol. The molecule has 6 atom stereocenters. The molecule has 4 rings (SSSR count). The topological polar surface area (TPSA) is 0 Å². The van der Waals surface area contributed by atoms with Crippen LogP contribution < -0.4 is 0 Å². The lowest BCUT2D eigenvalue weighted by Gasteiger charge is -2.37. The lowest BCUT2D eigenvalue weighted by atomic mass is 9.75. The van der Waals surface area contributed by atoms with Crippen LogP contribution in [0.5, 0.6) is 0 Å². The van der Waals surface area contributed by atoms with Crippen molar-refractivity contribution in [2.24, 2.45) is 23.7 Å². The summed E-state index contributed by atoms with van der Waals surface area (Å²) in [5.74, 6) is 0.815. The first-order valence-corrected chi connectivity index (χ1v) is 8.05. The first kappa shape index (κ1) is 12.9. The summed E-state index contributed by atoms with van der Waals surface area (Å²) < 4.78 is -1.37. The van der Waals surface area contributed by atoms with Crippen molar-refractivity contribution in [3.8, 4) is 0 Å². The molecule has 4 aliphatic carbocycles. The second-order valence-electron chi connectivity index (χ2n) is 5.63. The summed E-state index contributed by atoms with van der Waals surface area (Å²) >= 11 is 39.2. The van der Waals surface area contributed by atoms with Gasteiger partial charge < -0.3 is 0 Å². The third kappa shape index (κ3) is 0.973. The Kier molecular flexibility index (Phi) is 2.40. The molecule has 98 valence electrons. The van der Waals surface area contributed by atoms with Crippen molar-refractivity contribution in [2.45, 2.75) is 20.5 Å². The van der Waals surface area contributed by atoms with E-state index in [0.717, 1.165) is 6.42 Å². The minimum atomic E-state index is -1.37. The van der Waals surface area contributed by atoms with Crippen molar-refractivity contribution in [1.82, 2.24) is 0 Å². The SMILES string of the molecule is ClC1=C(Cl)[C@]2(Cl)C3C([C@H]4C=C[C@@H]3C4)[C@@]1(Cl)C2(Cl)Cl. The summed E-state index contributed by atoms with van der Waals surface area (Å²) in [5.41, 5.74) is 0. The Balaban J connectivity index is 2.03. The zero-order valence-electron chi connectivity index (χ0n) is 8.94. The molecule has 6 heteroatoms. The standard InChI is InChI=1S/C12H8Cl6/c13-8-9(14)11(16)7-5-2-1-4(3-5)6(7)10(8,15)12(11,17)18/h1-2,4-7H,3H2/t4-,5+,6?,7?,10-,11+. The van der Waals surface area contributed by atoms with Crippen LogP contribution in [0.15, 0.2) is 22.2 Å². The molecule has 0 radical (unpaired) electrons. The van der Waals surface area contributed by atoms with Crippen LogP contribution in [0, 0.1) is 23.7 Å². The maximum absolute atomic E-state index is 6.76. The molecule has 2 fully saturated rings. The molecule has 0 heterocycles. The molecule has 2 unspecified atom stereocenters. The second-order valence-corrected chi connectivity index (χ2v) is 8.90. The molecule has 0 N–H and O–H groups in total. The highest BCUT2D eigenvalue weighted by Crippen LogP contribution is 2.81. The number of hydrogen-bond acceptors (Lipinski definition) is 0. The zero-order chi connectivity index (χ0) is 13.1. The molecule has 0 nitrogen and oxygen atoms in total. The van der Waals surface area contributed by atoms with E-state index in [4.69, 9.17) is 69.6 Å². The fourth-order valence-electron chi connectivity index (χ4n) is 4.48. The van der Waals surface area contributed by atoms with E-state index < -0.39 is 14.1 Å². The van der Waals surface area contributed by atoms with Gasteiger partial charge in [0.25, 0.3) is 0 Å². The Bertz CT molecular complexity index is 481. The number of alkyl halides is 4. The normalized spacial score (nSPS) is 58.8. The molecule has 0 amide bonds. The van der Waals surface area contributed by atoms with Gasteiger partial charge in [0, 0.05) is 0 Å². The molecule has 4 aliphatic rings. The Labute approximate surface area is 135 Å². The van der Waals surface area contributed by atoms with Gasteiger partial charge in [-0.2, -0.15) is 0 Å². The predicted octanol–water partition coefficient (Wildman–Crippen LogP) is 5.27. The summed E-state index contributed by atoms with van der Waals surface area (Å²) in [6, 6.07) is 0. The molecule has 18 heavy (non-hydrogen) atoms. The Morgan fingerprint density at radius 3 is 1.61 bits per heavy atom. The summed E-state index contributed by atoms with van der Waals surface area (Å²) in [4.78, 5) is -2.13. The van der Waals surface area contributed by atoms with E-state index in [1.54, 1.807) is 0 Å². The van der Waals surface area contributed by atoms with Gasteiger partial charge in [0.15, 0.2) is 4.33 Å². The van der Waals surface area contributed by atoms with Gasteiger partial charge in [-0.05, 0) is 30.1 Å². The van der Waals surface area contributed by atoms with E-state index in [0.29, 0.717) is 21.9 Å². The van der Waals surface area contributed by atoms with Crippen molar-refractivity contribution >= 4 is 69.6 Å². The Morgan fingerprint density at radius 1 is 0.833 bits per heavy atom. The van der Waals surface area contributed by atoms with E-state index in [1.807, 2.05) is 0 Å². The van der Waals surface area contributed by atoms with Gasteiger partial charge in [0.1, 0.15) is 9.75 Å². The summed E-state index contributed by atoms with van der Waals surface area (Å²) in [5, 5.41) is 0.654. The Morgan fingerprint density at radius 2 is 1.22 bits per heavy atom. The first-order valence-electron chi connectivity index (χ1n) is 5.78. The number of fused-ring (bicyclic) bond motifs is 9. The van der Waals surface area contributed by atoms with Gasteiger partial charge in [-0.3, -0.25) is 0 Å². The smallest absolute Gasteiger partial charge is 0.109 e. The van der Waals surface area contributed by atoms with Crippen LogP contribution in [0.2, 0.25) is 0 Å². The van der Waals surface area contributed by atoms with Gasteiger partial charge >= 0.3 is 0 Å². The number of allylic oxidation sites excluding steroid dienone is 4.